The van der Waals surface area contributed by atoms with Crippen LogP contribution in [-0.4, -0.2) is 32.0 Å². The molecule has 0 saturated carbocycles. The maximum Gasteiger partial charge on any atom is 0.179 e. The highest BCUT2D eigenvalue weighted by Crippen LogP contribution is 2.35. The first-order valence-electron chi connectivity index (χ1n) is 6.58. The second kappa shape index (κ2) is 7.16. The molecule has 114 valence electrons. The van der Waals surface area contributed by atoms with E-state index in [0.29, 0.717) is 29.6 Å². The normalized spacial score (nSPS) is 13.2. The van der Waals surface area contributed by atoms with Crippen molar-refractivity contribution < 1.29 is 14.6 Å². The third-order valence-corrected chi connectivity index (χ3v) is 3.44. The minimum absolute atomic E-state index is 0.137. The summed E-state index contributed by atoms with van der Waals surface area (Å²) in [7, 11) is 3.14. The van der Waals surface area contributed by atoms with E-state index >= 15 is 0 Å². The van der Waals surface area contributed by atoms with E-state index in [-0.39, 0.29) is 5.41 Å². The Morgan fingerprint density at radius 1 is 1.25 bits per heavy atom. The van der Waals surface area contributed by atoms with Gasteiger partial charge in [-0.1, -0.05) is 32.4 Å². The van der Waals surface area contributed by atoms with E-state index in [1.165, 1.54) is 0 Å². The molecular weight excluding hydrogens is 278 g/mol. The van der Waals surface area contributed by atoms with Gasteiger partial charge >= 0.3 is 0 Å². The predicted molar refractivity (Wildman–Crippen MR) is 81.7 cm³/mol. The van der Waals surface area contributed by atoms with Crippen LogP contribution in [0.1, 0.15) is 26.3 Å². The molecule has 0 heterocycles. The zero-order chi connectivity index (χ0) is 15.3. The van der Waals surface area contributed by atoms with Crippen molar-refractivity contribution in [3.8, 4) is 11.5 Å². The Hall–Kier alpha value is -0.970. The minimum atomic E-state index is -0.405. The van der Waals surface area contributed by atoms with Crippen LogP contribution in [0.3, 0.4) is 0 Å². The van der Waals surface area contributed by atoms with Gasteiger partial charge in [-0.3, -0.25) is 0 Å². The Morgan fingerprint density at radius 3 is 2.40 bits per heavy atom. The van der Waals surface area contributed by atoms with Crippen LogP contribution < -0.4 is 14.8 Å². The Morgan fingerprint density at radius 2 is 1.90 bits per heavy atom. The second-order valence-electron chi connectivity index (χ2n) is 5.83. The van der Waals surface area contributed by atoms with E-state index in [1.54, 1.807) is 14.2 Å². The molecule has 5 heteroatoms. The van der Waals surface area contributed by atoms with Crippen molar-refractivity contribution in [3.05, 3.63) is 22.7 Å². The summed E-state index contributed by atoms with van der Waals surface area (Å²) in [6.07, 6.45) is -0.405. The zero-order valence-electron chi connectivity index (χ0n) is 12.8. The molecule has 0 aliphatic rings. The lowest BCUT2D eigenvalue weighted by atomic mass is 9.89. The number of halogens is 1. The van der Waals surface area contributed by atoms with Crippen LogP contribution in [0.15, 0.2) is 12.1 Å². The molecule has 1 aromatic carbocycles. The lowest BCUT2D eigenvalue weighted by molar-refractivity contribution is 0.0627. The fraction of sp³-hybridized carbons (Fsp3) is 0.600. The molecule has 1 unspecified atom stereocenters. The molecule has 4 nitrogen and oxygen atoms in total. The number of nitrogens with one attached hydrogen (secondary N) is 1. The van der Waals surface area contributed by atoms with Crippen LogP contribution >= 0.6 is 11.6 Å². The molecule has 2 N–H and O–H groups in total. The molecule has 0 radical (unpaired) electrons. The van der Waals surface area contributed by atoms with Crippen molar-refractivity contribution in [1.82, 2.24) is 5.32 Å². The Bertz CT molecular complexity index is 443. The molecule has 1 rings (SSSR count). The van der Waals surface area contributed by atoms with Crippen molar-refractivity contribution in [2.75, 3.05) is 20.8 Å². The van der Waals surface area contributed by atoms with E-state index in [1.807, 2.05) is 32.9 Å². The molecule has 0 bridgehead atoms. The SMILES string of the molecule is COc1cc(CNCC(O)C(C)(C)C)cc(Cl)c1OC. The summed E-state index contributed by atoms with van der Waals surface area (Å²) in [5, 5.41) is 13.7. The van der Waals surface area contributed by atoms with Crippen molar-refractivity contribution in [2.24, 2.45) is 5.41 Å². The first-order valence-corrected chi connectivity index (χ1v) is 6.96. The summed E-state index contributed by atoms with van der Waals surface area (Å²) in [6, 6.07) is 3.71. The van der Waals surface area contributed by atoms with Crippen LogP contribution in [-0.2, 0) is 6.54 Å². The number of benzene rings is 1. The fourth-order valence-electron chi connectivity index (χ4n) is 1.73. The highest BCUT2D eigenvalue weighted by atomic mass is 35.5. The average molecular weight is 302 g/mol. The van der Waals surface area contributed by atoms with E-state index in [2.05, 4.69) is 5.32 Å². The molecule has 0 fully saturated rings. The average Bonchev–Trinajstić information content (AvgIpc) is 2.36. The van der Waals surface area contributed by atoms with E-state index in [4.69, 9.17) is 21.1 Å². The molecule has 20 heavy (non-hydrogen) atoms. The van der Waals surface area contributed by atoms with Gasteiger partial charge in [0.25, 0.3) is 0 Å². The summed E-state index contributed by atoms with van der Waals surface area (Å²) in [5.74, 6) is 1.14. The van der Waals surface area contributed by atoms with Crippen molar-refractivity contribution in [1.29, 1.82) is 0 Å². The molecular formula is C15H24ClNO3. The molecule has 0 aromatic heterocycles. The van der Waals surface area contributed by atoms with Gasteiger partial charge in [0.1, 0.15) is 0 Å². The largest absolute Gasteiger partial charge is 0.493 e. The van der Waals surface area contributed by atoms with Crippen LogP contribution in [0.5, 0.6) is 11.5 Å². The summed E-state index contributed by atoms with van der Waals surface area (Å²) in [6.45, 7) is 7.15. The summed E-state index contributed by atoms with van der Waals surface area (Å²) in [5.41, 5.74) is 0.844. The number of ether oxygens (including phenoxy) is 2. The number of hydrogen-bond donors (Lipinski definition) is 2. The topological polar surface area (TPSA) is 50.7 Å². The van der Waals surface area contributed by atoms with Crippen molar-refractivity contribution in [3.63, 3.8) is 0 Å². The molecule has 1 atom stereocenters. The molecule has 1 aromatic rings. The lowest BCUT2D eigenvalue weighted by Gasteiger charge is -2.26. The van der Waals surface area contributed by atoms with Crippen molar-refractivity contribution >= 4 is 11.6 Å². The number of aliphatic hydroxyl groups excluding tert-OH is 1. The Kier molecular flexibility index (Phi) is 6.11. The van der Waals surface area contributed by atoms with Crippen molar-refractivity contribution in [2.45, 2.75) is 33.4 Å². The Labute approximate surface area is 126 Å². The van der Waals surface area contributed by atoms with Gasteiger partial charge in [0, 0.05) is 13.1 Å². The molecule has 0 amide bonds. The van der Waals surface area contributed by atoms with Gasteiger partial charge in [0.15, 0.2) is 11.5 Å². The van der Waals surface area contributed by atoms with Gasteiger partial charge in [-0.15, -0.1) is 0 Å². The minimum Gasteiger partial charge on any atom is -0.493 e. The van der Waals surface area contributed by atoms with Gasteiger partial charge in [0.2, 0.25) is 0 Å². The number of rotatable bonds is 6. The van der Waals surface area contributed by atoms with Crippen LogP contribution in [0.25, 0.3) is 0 Å². The number of methoxy groups -OCH3 is 2. The summed E-state index contributed by atoms with van der Waals surface area (Å²) < 4.78 is 10.4. The fourth-order valence-corrected chi connectivity index (χ4v) is 2.04. The van der Waals surface area contributed by atoms with Gasteiger partial charge in [-0.2, -0.15) is 0 Å². The Balaban J connectivity index is 2.68. The molecule has 0 aliphatic heterocycles. The highest BCUT2D eigenvalue weighted by Gasteiger charge is 2.21. The monoisotopic (exact) mass is 301 g/mol. The lowest BCUT2D eigenvalue weighted by Crippen LogP contribution is -2.36. The third-order valence-electron chi connectivity index (χ3n) is 3.16. The molecule has 0 aliphatic carbocycles. The van der Waals surface area contributed by atoms with E-state index in [9.17, 15) is 5.11 Å². The third kappa shape index (κ3) is 4.54. The molecule has 0 saturated heterocycles. The summed E-state index contributed by atoms with van der Waals surface area (Å²) in [4.78, 5) is 0. The van der Waals surface area contributed by atoms with Gasteiger partial charge in [-0.05, 0) is 23.1 Å². The van der Waals surface area contributed by atoms with Crippen LogP contribution in [0.2, 0.25) is 5.02 Å². The van der Waals surface area contributed by atoms with Crippen LogP contribution in [0, 0.1) is 5.41 Å². The predicted octanol–water partition coefficient (Wildman–Crippen LogP) is 2.85. The van der Waals surface area contributed by atoms with Gasteiger partial charge < -0.3 is 19.9 Å². The van der Waals surface area contributed by atoms with E-state index < -0.39 is 6.10 Å². The number of hydrogen-bond acceptors (Lipinski definition) is 4. The summed E-state index contributed by atoms with van der Waals surface area (Å²) >= 11 is 6.15. The highest BCUT2D eigenvalue weighted by molar-refractivity contribution is 6.32. The quantitative estimate of drug-likeness (QED) is 0.848. The zero-order valence-corrected chi connectivity index (χ0v) is 13.5. The van der Waals surface area contributed by atoms with E-state index in [0.717, 1.165) is 5.56 Å². The smallest absolute Gasteiger partial charge is 0.179 e. The number of aliphatic hydroxyl groups is 1. The maximum absolute atomic E-state index is 9.97. The second-order valence-corrected chi connectivity index (χ2v) is 6.23. The van der Waals surface area contributed by atoms with Crippen LogP contribution in [0.4, 0.5) is 0 Å². The maximum atomic E-state index is 9.97. The first kappa shape index (κ1) is 17.1. The standard InChI is InChI=1S/C15H24ClNO3/c1-15(2,3)13(18)9-17-8-10-6-11(16)14(20-5)12(7-10)19-4/h6-7,13,17-18H,8-9H2,1-5H3. The first-order chi connectivity index (χ1) is 9.29. The van der Waals surface area contributed by atoms with Gasteiger partial charge in [0.05, 0.1) is 25.3 Å². The molecule has 0 spiro atoms. The van der Waals surface area contributed by atoms with Gasteiger partial charge in [-0.25, -0.2) is 0 Å².